The maximum absolute atomic E-state index is 13.6. The minimum atomic E-state index is -3.65. The van der Waals surface area contributed by atoms with Crippen molar-refractivity contribution in [2.75, 3.05) is 46.0 Å². The maximum atomic E-state index is 13.6. The van der Waals surface area contributed by atoms with Gasteiger partial charge < -0.3 is 36.8 Å². The summed E-state index contributed by atoms with van der Waals surface area (Å²) in [6, 6.07) is -1.55. The highest BCUT2D eigenvalue weighted by atomic mass is 32.0. The van der Waals surface area contributed by atoms with Crippen molar-refractivity contribution in [2.45, 2.75) is 108 Å². The first kappa shape index (κ1) is 48.3. The van der Waals surface area contributed by atoms with Crippen LogP contribution in [0.5, 0.6) is 0 Å². The van der Waals surface area contributed by atoms with Crippen molar-refractivity contribution in [2.24, 2.45) is 17.8 Å². The molecule has 0 aromatic carbocycles. The Balaban J connectivity index is 0.00000277. The van der Waals surface area contributed by atoms with E-state index in [0.29, 0.717) is 25.4 Å². The van der Waals surface area contributed by atoms with Crippen LogP contribution in [0.1, 0.15) is 60.8 Å². The standard InChI is InChI=1S/C27H50B3O11P3.2H4P2/c1-10-42(7,31)34-15-21-18(12-24(29)38-21)26(3,4)41-44(9,33)36-16-22-19(13-25(30)39-22)27(5,6)40-43(8,32)35-14-20-17(2)11-23(28)37-20;2*1-2/h17-25H,10-16H2,1-9H3;2*1-2H2. The Labute approximate surface area is 303 Å². The molecule has 3 saturated heterocycles. The number of hydrogen-bond donors (Lipinski definition) is 0. The monoisotopic (exact) mass is 808 g/mol. The predicted molar refractivity (Wildman–Crippen MR) is 211 cm³/mol. The summed E-state index contributed by atoms with van der Waals surface area (Å²) < 4.78 is 86.2. The molecule has 0 amide bonds. The van der Waals surface area contributed by atoms with Crippen molar-refractivity contribution in [1.82, 2.24) is 0 Å². The van der Waals surface area contributed by atoms with Crippen LogP contribution >= 0.6 is 58.3 Å². The molecule has 3 aliphatic rings. The lowest BCUT2D eigenvalue weighted by molar-refractivity contribution is -0.0504. The lowest BCUT2D eigenvalue weighted by atomic mass is 9.81. The first-order valence-electron chi connectivity index (χ1n) is 16.0. The summed E-state index contributed by atoms with van der Waals surface area (Å²) in [6.45, 7) is 15.5. The third-order valence-electron chi connectivity index (χ3n) is 8.78. The van der Waals surface area contributed by atoms with Gasteiger partial charge in [0, 0.05) is 56.0 Å². The van der Waals surface area contributed by atoms with Crippen molar-refractivity contribution in [3.63, 3.8) is 0 Å². The molecule has 0 aliphatic carbocycles. The second-order valence-corrected chi connectivity index (χ2v) is 20.6. The van der Waals surface area contributed by atoms with Crippen LogP contribution in [0, 0.1) is 17.8 Å². The molecule has 3 rings (SSSR count). The number of rotatable bonds is 16. The summed E-state index contributed by atoms with van der Waals surface area (Å²) >= 11 is 0. The molecule has 0 N–H and O–H groups in total. The van der Waals surface area contributed by atoms with Crippen LogP contribution in [0.25, 0.3) is 0 Å². The average Bonchev–Trinajstić information content (AvgIpc) is 3.66. The summed E-state index contributed by atoms with van der Waals surface area (Å²) in [6.07, 6.45) is 0.559. The fourth-order valence-corrected chi connectivity index (χ4v) is 9.81. The zero-order chi connectivity index (χ0) is 37.3. The van der Waals surface area contributed by atoms with E-state index >= 15 is 0 Å². The van der Waals surface area contributed by atoms with Crippen LogP contribution in [-0.4, -0.2) is 117 Å². The summed E-state index contributed by atoms with van der Waals surface area (Å²) in [5.41, 5.74) is -1.98. The summed E-state index contributed by atoms with van der Waals surface area (Å²) in [4.78, 5) is 0. The summed E-state index contributed by atoms with van der Waals surface area (Å²) in [7, 11) is 17.5. The van der Waals surface area contributed by atoms with E-state index in [9.17, 15) is 13.7 Å². The molecule has 48 heavy (non-hydrogen) atoms. The highest BCUT2D eigenvalue weighted by Gasteiger charge is 2.49. The fourth-order valence-electron chi connectivity index (χ4n) is 6.25. The number of ether oxygens (including phenoxy) is 3. The Morgan fingerprint density at radius 3 is 1.33 bits per heavy atom. The van der Waals surface area contributed by atoms with Gasteiger partial charge in [0.25, 0.3) is 0 Å². The van der Waals surface area contributed by atoms with Crippen LogP contribution in [0.15, 0.2) is 0 Å². The Morgan fingerprint density at radius 2 is 0.979 bits per heavy atom. The predicted octanol–water partition coefficient (Wildman–Crippen LogP) is 6.22. The van der Waals surface area contributed by atoms with Crippen molar-refractivity contribution in [3.05, 3.63) is 0 Å². The van der Waals surface area contributed by atoms with Crippen molar-refractivity contribution < 1.29 is 50.5 Å². The molecule has 0 aromatic rings. The zero-order valence-corrected chi connectivity index (χ0v) is 37.3. The highest BCUT2D eigenvalue weighted by molar-refractivity contribution is 7.92. The van der Waals surface area contributed by atoms with Gasteiger partial charge in [0.15, 0.2) is 7.37 Å². The van der Waals surface area contributed by atoms with Gasteiger partial charge in [-0.05, 0) is 52.9 Å². The van der Waals surface area contributed by atoms with E-state index in [1.54, 1.807) is 41.3 Å². The average molecular weight is 808 g/mol. The quantitative estimate of drug-likeness (QED) is 0.130. The zero-order valence-electron chi connectivity index (χ0n) is 30.0. The van der Waals surface area contributed by atoms with Gasteiger partial charge in [0.2, 0.25) is 0 Å². The molecule has 276 valence electrons. The van der Waals surface area contributed by atoms with Crippen LogP contribution < -0.4 is 0 Å². The highest BCUT2D eigenvalue weighted by Crippen LogP contribution is 2.55. The first-order valence-corrected chi connectivity index (χ1v) is 27.6. The molecule has 3 heterocycles. The van der Waals surface area contributed by atoms with Crippen LogP contribution in [0.3, 0.4) is 0 Å². The number of hydrogen-bond acceptors (Lipinski definition) is 11. The van der Waals surface area contributed by atoms with Crippen LogP contribution in [-0.2, 0) is 50.5 Å². The Morgan fingerprint density at radius 1 is 0.646 bits per heavy atom. The van der Waals surface area contributed by atoms with Gasteiger partial charge in [0.1, 0.15) is 23.5 Å². The van der Waals surface area contributed by atoms with E-state index in [4.69, 9.17) is 60.4 Å². The normalized spacial score (nSPS) is 34.6. The van der Waals surface area contributed by atoms with Crippen molar-refractivity contribution in [3.8, 4) is 0 Å². The van der Waals surface area contributed by atoms with Crippen LogP contribution in [0.2, 0.25) is 0 Å². The van der Waals surface area contributed by atoms with Gasteiger partial charge in [-0.1, -0.05) is 13.8 Å². The van der Waals surface area contributed by atoms with Gasteiger partial charge >= 0.3 is 15.2 Å². The third kappa shape index (κ3) is 15.6. The third-order valence-corrected chi connectivity index (χ3v) is 13.5. The minimum Gasteiger partial charge on any atom is -0.382 e. The second kappa shape index (κ2) is 20.8. The van der Waals surface area contributed by atoms with E-state index < -0.39 is 58.0 Å². The molecule has 16 unspecified atom stereocenters. The molecular formula is C27H58B3O11P7. The molecule has 0 saturated carbocycles. The van der Waals surface area contributed by atoms with Gasteiger partial charge in [-0.2, -0.15) is 0 Å². The Hall–Kier alpha value is 2.28. The lowest BCUT2D eigenvalue weighted by Gasteiger charge is -2.38. The van der Waals surface area contributed by atoms with E-state index in [1.807, 2.05) is 6.92 Å². The van der Waals surface area contributed by atoms with Crippen LogP contribution in [0.4, 0.5) is 0 Å². The molecule has 0 aromatic heterocycles. The molecule has 11 nitrogen and oxygen atoms in total. The minimum absolute atomic E-state index is 0.0808. The van der Waals surface area contributed by atoms with Gasteiger partial charge in [0.05, 0.1) is 49.3 Å². The van der Waals surface area contributed by atoms with Crippen molar-refractivity contribution in [1.29, 1.82) is 0 Å². The largest absolute Gasteiger partial charge is 0.382 e. The van der Waals surface area contributed by atoms with E-state index in [2.05, 4.69) is 35.7 Å². The molecule has 0 bridgehead atoms. The van der Waals surface area contributed by atoms with Gasteiger partial charge in [-0.15, -0.1) is 35.7 Å². The second-order valence-electron chi connectivity index (χ2n) is 13.7. The first-order chi connectivity index (χ1) is 22.0. The smallest absolute Gasteiger partial charge is 0.328 e. The fraction of sp³-hybridized carbons (Fsp3) is 1.00. The Bertz CT molecular complexity index is 1130. The molecule has 3 fully saturated rings. The molecular weight excluding hydrogens is 750 g/mol. The topological polar surface area (TPSA) is 125 Å². The molecule has 3 aliphatic heterocycles. The summed E-state index contributed by atoms with van der Waals surface area (Å²) in [5, 5.41) is 0. The van der Waals surface area contributed by atoms with Crippen molar-refractivity contribution >= 4 is 81.8 Å². The SMILES string of the molecule is PP.PP.[B]C1CC(C)C(COP(C)(=O)OC(C)(C)C2CC([B])OC2COP(C)(=O)OC(C)(C)C2CC([B])OC2COP(C)(=O)CC)O1. The molecule has 21 heteroatoms. The van der Waals surface area contributed by atoms with Gasteiger partial charge in [-0.3, -0.25) is 13.7 Å². The van der Waals surface area contributed by atoms with E-state index in [0.717, 1.165) is 0 Å². The molecule has 16 atom stereocenters. The van der Waals surface area contributed by atoms with E-state index in [-0.39, 0.29) is 49.7 Å². The van der Waals surface area contributed by atoms with Gasteiger partial charge in [-0.25, -0.2) is 0 Å². The molecule has 0 spiro atoms. The van der Waals surface area contributed by atoms with E-state index in [1.165, 1.54) is 13.3 Å². The summed E-state index contributed by atoms with van der Waals surface area (Å²) in [5.74, 6) is -0.482. The Kier molecular flexibility index (Phi) is 21.0. The molecule has 6 radical (unpaired) electrons. The maximum Gasteiger partial charge on any atom is 0.328 e. The lowest BCUT2D eigenvalue weighted by Crippen LogP contribution is -2.41.